The van der Waals surface area contributed by atoms with Crippen LogP contribution in [0.1, 0.15) is 18.9 Å². The van der Waals surface area contributed by atoms with Crippen molar-refractivity contribution in [1.82, 2.24) is 0 Å². The average molecular weight is 381 g/mol. The first-order valence-electron chi connectivity index (χ1n) is 8.91. The molecule has 0 aliphatic heterocycles. The normalized spacial score (nSPS) is 11.2. The second-order valence-corrected chi connectivity index (χ2v) is 8.03. The minimum atomic E-state index is -3.71. The van der Waals surface area contributed by atoms with Gasteiger partial charge in [-0.25, -0.2) is 8.42 Å². The Morgan fingerprint density at radius 1 is 0.889 bits per heavy atom. The zero-order chi connectivity index (χ0) is 19.3. The molecule has 0 bridgehead atoms. The predicted octanol–water partition coefficient (Wildman–Crippen LogP) is 5.25. The average Bonchev–Trinajstić information content (AvgIpc) is 2.68. The Bertz CT molecular complexity index is 997. The Balaban J connectivity index is 1.99. The van der Waals surface area contributed by atoms with Crippen LogP contribution >= 0.6 is 0 Å². The first-order valence-corrected chi connectivity index (χ1v) is 10.4. The molecular formula is C22H23NO3S. The van der Waals surface area contributed by atoms with E-state index in [-0.39, 0.29) is 4.90 Å². The molecule has 3 aromatic rings. The lowest BCUT2D eigenvalue weighted by Gasteiger charge is -2.15. The van der Waals surface area contributed by atoms with Crippen molar-refractivity contribution < 1.29 is 13.2 Å². The van der Waals surface area contributed by atoms with Crippen LogP contribution < -0.4 is 9.46 Å². The highest BCUT2D eigenvalue weighted by Gasteiger charge is 2.17. The molecule has 0 fully saturated rings. The van der Waals surface area contributed by atoms with Crippen molar-refractivity contribution in [1.29, 1.82) is 0 Å². The van der Waals surface area contributed by atoms with Crippen LogP contribution in [-0.4, -0.2) is 15.0 Å². The van der Waals surface area contributed by atoms with Gasteiger partial charge in [-0.2, -0.15) is 0 Å². The van der Waals surface area contributed by atoms with E-state index in [0.29, 0.717) is 18.0 Å². The summed E-state index contributed by atoms with van der Waals surface area (Å²) in [4.78, 5) is 0.222. The Labute approximate surface area is 160 Å². The Hall–Kier alpha value is -2.79. The summed E-state index contributed by atoms with van der Waals surface area (Å²) in [5.74, 6) is 0.521. The van der Waals surface area contributed by atoms with E-state index in [1.807, 2.05) is 62.4 Å². The molecule has 3 aromatic carbocycles. The third kappa shape index (κ3) is 4.68. The topological polar surface area (TPSA) is 55.4 Å². The number of sulfonamides is 1. The van der Waals surface area contributed by atoms with Gasteiger partial charge in [0.15, 0.2) is 0 Å². The van der Waals surface area contributed by atoms with E-state index >= 15 is 0 Å². The van der Waals surface area contributed by atoms with Crippen molar-refractivity contribution in [3.63, 3.8) is 0 Å². The highest BCUT2D eigenvalue weighted by Crippen LogP contribution is 2.32. The standard InChI is InChI=1S/C22H23NO3S/c1-3-15-26-22-14-11-19(18-7-5-4-6-8-18)16-21(22)23-27(24,25)20-12-9-17(2)10-13-20/h4-14,16,23H,3,15H2,1-2H3. The summed E-state index contributed by atoms with van der Waals surface area (Å²) in [6.07, 6.45) is 0.838. The second kappa shape index (κ2) is 8.27. The quantitative estimate of drug-likeness (QED) is 0.608. The smallest absolute Gasteiger partial charge is 0.262 e. The van der Waals surface area contributed by atoms with Gasteiger partial charge in [0.1, 0.15) is 5.75 Å². The van der Waals surface area contributed by atoms with Crippen LogP contribution in [0.2, 0.25) is 0 Å². The molecule has 1 N–H and O–H groups in total. The van der Waals surface area contributed by atoms with Crippen LogP contribution in [0.4, 0.5) is 5.69 Å². The monoisotopic (exact) mass is 381 g/mol. The zero-order valence-electron chi connectivity index (χ0n) is 15.5. The number of hydrogen-bond acceptors (Lipinski definition) is 3. The minimum Gasteiger partial charge on any atom is -0.491 e. The van der Waals surface area contributed by atoms with Gasteiger partial charge in [-0.05, 0) is 48.7 Å². The third-order valence-electron chi connectivity index (χ3n) is 4.12. The van der Waals surface area contributed by atoms with Crippen molar-refractivity contribution in [2.75, 3.05) is 11.3 Å². The fourth-order valence-electron chi connectivity index (χ4n) is 2.68. The van der Waals surface area contributed by atoms with Gasteiger partial charge in [0.2, 0.25) is 0 Å². The van der Waals surface area contributed by atoms with Crippen molar-refractivity contribution >= 4 is 15.7 Å². The summed E-state index contributed by atoms with van der Waals surface area (Å²) in [6.45, 7) is 4.45. The number of rotatable bonds is 7. The van der Waals surface area contributed by atoms with Crippen LogP contribution in [0.25, 0.3) is 11.1 Å². The van der Waals surface area contributed by atoms with Gasteiger partial charge in [-0.15, -0.1) is 0 Å². The number of anilines is 1. The maximum absolute atomic E-state index is 12.8. The molecule has 0 aromatic heterocycles. The Morgan fingerprint density at radius 2 is 1.59 bits per heavy atom. The van der Waals surface area contributed by atoms with Crippen LogP contribution in [-0.2, 0) is 10.0 Å². The van der Waals surface area contributed by atoms with Crippen molar-refractivity contribution in [2.24, 2.45) is 0 Å². The van der Waals surface area contributed by atoms with E-state index in [2.05, 4.69) is 4.72 Å². The molecule has 0 heterocycles. The number of nitrogens with one attached hydrogen (secondary N) is 1. The number of ether oxygens (including phenoxy) is 1. The SMILES string of the molecule is CCCOc1ccc(-c2ccccc2)cc1NS(=O)(=O)c1ccc(C)cc1. The van der Waals surface area contributed by atoms with Gasteiger partial charge in [-0.1, -0.05) is 61.0 Å². The van der Waals surface area contributed by atoms with Crippen LogP contribution in [0.5, 0.6) is 5.75 Å². The summed E-state index contributed by atoms with van der Waals surface area (Å²) in [5, 5.41) is 0. The fraction of sp³-hybridized carbons (Fsp3) is 0.182. The summed E-state index contributed by atoms with van der Waals surface area (Å²) in [7, 11) is -3.71. The summed E-state index contributed by atoms with van der Waals surface area (Å²) < 4.78 is 34.1. The van der Waals surface area contributed by atoms with E-state index in [9.17, 15) is 8.42 Å². The molecule has 0 saturated heterocycles. The van der Waals surface area contributed by atoms with Crippen molar-refractivity contribution in [2.45, 2.75) is 25.2 Å². The molecule has 4 nitrogen and oxygen atoms in total. The lowest BCUT2D eigenvalue weighted by Crippen LogP contribution is -2.14. The van der Waals surface area contributed by atoms with Gasteiger partial charge < -0.3 is 4.74 Å². The maximum atomic E-state index is 12.8. The van der Waals surface area contributed by atoms with E-state index in [4.69, 9.17) is 4.74 Å². The highest BCUT2D eigenvalue weighted by atomic mass is 32.2. The molecule has 0 aliphatic carbocycles. The van der Waals surface area contributed by atoms with Crippen LogP contribution in [0.15, 0.2) is 77.7 Å². The molecule has 0 unspecified atom stereocenters. The number of aryl methyl sites for hydroxylation is 1. The van der Waals surface area contributed by atoms with E-state index in [0.717, 1.165) is 23.1 Å². The third-order valence-corrected chi connectivity index (χ3v) is 5.51. The summed E-state index contributed by atoms with van der Waals surface area (Å²) in [5.41, 5.74) is 3.37. The molecular weight excluding hydrogens is 358 g/mol. The molecule has 5 heteroatoms. The molecule has 0 radical (unpaired) electrons. The predicted molar refractivity (Wildman–Crippen MR) is 110 cm³/mol. The molecule has 0 atom stereocenters. The van der Waals surface area contributed by atoms with Gasteiger partial charge in [-0.3, -0.25) is 4.72 Å². The maximum Gasteiger partial charge on any atom is 0.262 e. The largest absolute Gasteiger partial charge is 0.491 e. The first-order chi connectivity index (χ1) is 13.0. The van der Waals surface area contributed by atoms with Gasteiger partial charge in [0.05, 0.1) is 17.2 Å². The van der Waals surface area contributed by atoms with Gasteiger partial charge in [0, 0.05) is 0 Å². The second-order valence-electron chi connectivity index (χ2n) is 6.34. The molecule has 0 aliphatic rings. The Kier molecular flexibility index (Phi) is 5.81. The van der Waals surface area contributed by atoms with Crippen LogP contribution in [0.3, 0.4) is 0 Å². The first kappa shape index (κ1) is 19.0. The van der Waals surface area contributed by atoms with Gasteiger partial charge >= 0.3 is 0 Å². The highest BCUT2D eigenvalue weighted by molar-refractivity contribution is 7.92. The van der Waals surface area contributed by atoms with E-state index in [1.54, 1.807) is 24.3 Å². The minimum absolute atomic E-state index is 0.222. The molecule has 27 heavy (non-hydrogen) atoms. The Morgan fingerprint density at radius 3 is 2.26 bits per heavy atom. The lowest BCUT2D eigenvalue weighted by molar-refractivity contribution is 0.319. The zero-order valence-corrected chi connectivity index (χ0v) is 16.3. The lowest BCUT2D eigenvalue weighted by atomic mass is 10.1. The molecule has 0 amide bonds. The number of benzene rings is 3. The summed E-state index contributed by atoms with van der Waals surface area (Å²) in [6, 6.07) is 22.1. The number of hydrogen-bond donors (Lipinski definition) is 1. The van der Waals surface area contributed by atoms with E-state index < -0.39 is 10.0 Å². The van der Waals surface area contributed by atoms with Crippen molar-refractivity contribution in [3.8, 4) is 16.9 Å². The fourth-order valence-corrected chi connectivity index (χ4v) is 3.74. The molecule has 140 valence electrons. The molecule has 3 rings (SSSR count). The molecule has 0 spiro atoms. The van der Waals surface area contributed by atoms with E-state index in [1.165, 1.54) is 0 Å². The van der Waals surface area contributed by atoms with Crippen molar-refractivity contribution in [3.05, 3.63) is 78.4 Å². The summed E-state index contributed by atoms with van der Waals surface area (Å²) >= 11 is 0. The molecule has 0 saturated carbocycles. The van der Waals surface area contributed by atoms with Gasteiger partial charge in [0.25, 0.3) is 10.0 Å². The van der Waals surface area contributed by atoms with Crippen LogP contribution in [0, 0.1) is 6.92 Å².